The molecule has 2 N–H and O–H groups in total. The number of aliphatic hydroxyl groups is 1. The molecule has 0 aromatic heterocycles. The van der Waals surface area contributed by atoms with Crippen LogP contribution in [-0.4, -0.2) is 35.7 Å². The number of hydrogen-bond donors (Lipinski definition) is 2. The molecule has 4 heteroatoms. The number of nitrogens with zero attached hydrogens (tertiary/aromatic N) is 1. The van der Waals surface area contributed by atoms with Crippen molar-refractivity contribution in [3.05, 3.63) is 35.4 Å². The summed E-state index contributed by atoms with van der Waals surface area (Å²) in [5, 5.41) is 12.7. The van der Waals surface area contributed by atoms with Crippen LogP contribution < -0.4 is 5.32 Å². The van der Waals surface area contributed by atoms with Crippen LogP contribution in [0.3, 0.4) is 0 Å². The minimum absolute atomic E-state index is 0.00215. The van der Waals surface area contributed by atoms with Gasteiger partial charge in [0.15, 0.2) is 0 Å². The Morgan fingerprint density at radius 3 is 2.71 bits per heavy atom. The Morgan fingerprint density at radius 2 is 2.04 bits per heavy atom. The Balaban J connectivity index is 1.44. The topological polar surface area (TPSA) is 52.6 Å². The number of hydrogen-bond acceptors (Lipinski definition) is 2. The highest BCUT2D eigenvalue weighted by Crippen LogP contribution is 2.56. The number of benzene rings is 1. The summed E-state index contributed by atoms with van der Waals surface area (Å²) in [5.41, 5.74) is 2.97. The van der Waals surface area contributed by atoms with Crippen LogP contribution in [0.4, 0.5) is 4.79 Å². The molecule has 0 aliphatic heterocycles. The first-order valence-corrected chi connectivity index (χ1v) is 9.47. The minimum atomic E-state index is -0.00215. The number of rotatable bonds is 6. The van der Waals surface area contributed by atoms with Gasteiger partial charge in [0.1, 0.15) is 0 Å². The first-order valence-electron chi connectivity index (χ1n) is 9.47. The third kappa shape index (κ3) is 2.81. The van der Waals surface area contributed by atoms with Gasteiger partial charge in [0.05, 0.1) is 12.6 Å². The number of carbonyl (C=O) groups is 1. The molecule has 4 rings (SSSR count). The number of nitrogens with one attached hydrogen (secondary N) is 1. The lowest BCUT2D eigenvalue weighted by atomic mass is 9.65. The number of aryl methyl sites for hydroxylation is 1. The molecule has 1 unspecified atom stereocenters. The molecular formula is C20H28N2O2. The Labute approximate surface area is 144 Å². The maximum Gasteiger partial charge on any atom is 0.318 e. The number of amides is 2. The van der Waals surface area contributed by atoms with Gasteiger partial charge in [-0.25, -0.2) is 4.79 Å². The van der Waals surface area contributed by atoms with Crippen molar-refractivity contribution in [2.24, 2.45) is 11.3 Å². The van der Waals surface area contributed by atoms with E-state index in [9.17, 15) is 9.90 Å². The summed E-state index contributed by atoms with van der Waals surface area (Å²) in [5.74, 6) is 0.838. The quantitative estimate of drug-likeness (QED) is 0.842. The number of urea groups is 1. The average Bonchev–Trinajstić information content (AvgIpc) is 3.31. The molecule has 130 valence electrons. The molecule has 2 saturated carbocycles. The van der Waals surface area contributed by atoms with E-state index < -0.39 is 0 Å². The molecule has 4 nitrogen and oxygen atoms in total. The molecule has 0 spiro atoms. The van der Waals surface area contributed by atoms with Crippen LogP contribution in [0.15, 0.2) is 24.3 Å². The molecule has 0 bridgehead atoms. The summed E-state index contributed by atoms with van der Waals surface area (Å²) >= 11 is 0. The van der Waals surface area contributed by atoms with E-state index in [0.29, 0.717) is 12.0 Å². The number of carbonyl (C=O) groups excluding carboxylic acids is 1. The van der Waals surface area contributed by atoms with E-state index in [4.69, 9.17) is 0 Å². The van der Waals surface area contributed by atoms with E-state index in [-0.39, 0.29) is 18.7 Å². The molecule has 3 aliphatic rings. The molecule has 3 aliphatic carbocycles. The van der Waals surface area contributed by atoms with E-state index in [0.717, 1.165) is 25.3 Å². The van der Waals surface area contributed by atoms with Gasteiger partial charge in [0.25, 0.3) is 0 Å². The summed E-state index contributed by atoms with van der Waals surface area (Å²) in [4.78, 5) is 14.7. The lowest BCUT2D eigenvalue weighted by Gasteiger charge is -2.43. The summed E-state index contributed by atoms with van der Waals surface area (Å²) < 4.78 is 0. The van der Waals surface area contributed by atoms with Crippen LogP contribution in [0.25, 0.3) is 0 Å². The second-order valence-corrected chi connectivity index (χ2v) is 7.82. The van der Waals surface area contributed by atoms with Crippen LogP contribution in [0.5, 0.6) is 0 Å². The molecule has 0 saturated heterocycles. The third-order valence-corrected chi connectivity index (χ3v) is 6.46. The van der Waals surface area contributed by atoms with E-state index in [1.165, 1.54) is 43.2 Å². The molecule has 1 atom stereocenters. The van der Waals surface area contributed by atoms with Gasteiger partial charge in [-0.15, -0.1) is 0 Å². The van der Waals surface area contributed by atoms with Gasteiger partial charge in [0.2, 0.25) is 0 Å². The Kier molecular flexibility index (Phi) is 4.25. The smallest absolute Gasteiger partial charge is 0.318 e. The minimum Gasteiger partial charge on any atom is -0.395 e. The van der Waals surface area contributed by atoms with Gasteiger partial charge in [-0.1, -0.05) is 30.7 Å². The van der Waals surface area contributed by atoms with Gasteiger partial charge < -0.3 is 15.3 Å². The van der Waals surface area contributed by atoms with Crippen LogP contribution >= 0.6 is 0 Å². The normalized spacial score (nSPS) is 24.1. The van der Waals surface area contributed by atoms with E-state index >= 15 is 0 Å². The zero-order valence-electron chi connectivity index (χ0n) is 14.3. The first kappa shape index (κ1) is 15.9. The summed E-state index contributed by atoms with van der Waals surface area (Å²) in [7, 11) is 0. The molecule has 0 heterocycles. The maximum atomic E-state index is 12.9. The molecule has 1 aromatic carbocycles. The third-order valence-electron chi connectivity index (χ3n) is 6.46. The number of fused-ring (bicyclic) bond motifs is 1. The fourth-order valence-electron chi connectivity index (χ4n) is 4.77. The van der Waals surface area contributed by atoms with Gasteiger partial charge in [-0.2, -0.15) is 0 Å². The van der Waals surface area contributed by atoms with E-state index in [1.54, 1.807) is 0 Å². The maximum absolute atomic E-state index is 12.9. The lowest BCUT2D eigenvalue weighted by molar-refractivity contribution is 0.0935. The highest BCUT2D eigenvalue weighted by atomic mass is 16.3. The highest BCUT2D eigenvalue weighted by molar-refractivity contribution is 5.75. The highest BCUT2D eigenvalue weighted by Gasteiger charge is 2.49. The van der Waals surface area contributed by atoms with Crippen LogP contribution in [0.1, 0.15) is 55.7 Å². The lowest BCUT2D eigenvalue weighted by Crippen LogP contribution is -2.49. The SMILES string of the molecule is O=C(NCC1(C2CC2)CCC1)N(CCO)C1CCc2ccccc21. The predicted octanol–water partition coefficient (Wildman–Crippen LogP) is 3.26. The second kappa shape index (κ2) is 6.40. The average molecular weight is 328 g/mol. The van der Waals surface area contributed by atoms with Crippen LogP contribution in [0.2, 0.25) is 0 Å². The van der Waals surface area contributed by atoms with Crippen molar-refractivity contribution in [2.45, 2.75) is 51.0 Å². The Bertz CT molecular complexity index is 607. The molecule has 2 fully saturated rings. The Hall–Kier alpha value is -1.55. The fraction of sp³-hybridized carbons (Fsp3) is 0.650. The van der Waals surface area contributed by atoms with Gasteiger partial charge >= 0.3 is 6.03 Å². The molecule has 0 radical (unpaired) electrons. The van der Waals surface area contributed by atoms with Gasteiger partial charge in [-0.3, -0.25) is 0 Å². The first-order chi connectivity index (χ1) is 11.7. The Morgan fingerprint density at radius 1 is 1.25 bits per heavy atom. The zero-order valence-corrected chi connectivity index (χ0v) is 14.3. The largest absolute Gasteiger partial charge is 0.395 e. The zero-order chi connectivity index (χ0) is 16.6. The van der Waals surface area contributed by atoms with Crippen molar-refractivity contribution < 1.29 is 9.90 Å². The molecule has 1 aromatic rings. The van der Waals surface area contributed by atoms with E-state index in [2.05, 4.69) is 23.5 Å². The van der Waals surface area contributed by atoms with Crippen LogP contribution in [-0.2, 0) is 6.42 Å². The summed E-state index contributed by atoms with van der Waals surface area (Å²) in [6.07, 6.45) is 8.50. The second-order valence-electron chi connectivity index (χ2n) is 7.82. The van der Waals surface area contributed by atoms with Crippen LogP contribution in [0, 0.1) is 11.3 Å². The summed E-state index contributed by atoms with van der Waals surface area (Å²) in [6.45, 7) is 1.23. The molecule has 2 amide bonds. The summed E-state index contributed by atoms with van der Waals surface area (Å²) in [6, 6.07) is 8.49. The van der Waals surface area contributed by atoms with E-state index in [1.807, 2.05) is 11.0 Å². The van der Waals surface area contributed by atoms with Gasteiger partial charge in [0, 0.05) is 13.1 Å². The van der Waals surface area contributed by atoms with Gasteiger partial charge in [-0.05, 0) is 61.0 Å². The van der Waals surface area contributed by atoms with Crippen molar-refractivity contribution in [2.75, 3.05) is 19.7 Å². The number of aliphatic hydroxyl groups excluding tert-OH is 1. The monoisotopic (exact) mass is 328 g/mol. The van der Waals surface area contributed by atoms with Crippen molar-refractivity contribution in [3.8, 4) is 0 Å². The predicted molar refractivity (Wildman–Crippen MR) is 93.7 cm³/mol. The van der Waals surface area contributed by atoms with Crippen molar-refractivity contribution >= 4 is 6.03 Å². The molecule has 24 heavy (non-hydrogen) atoms. The molecular weight excluding hydrogens is 300 g/mol. The van der Waals surface area contributed by atoms with Crippen molar-refractivity contribution in [1.29, 1.82) is 0 Å². The van der Waals surface area contributed by atoms with Crippen molar-refractivity contribution in [3.63, 3.8) is 0 Å². The fourth-order valence-corrected chi connectivity index (χ4v) is 4.77. The van der Waals surface area contributed by atoms with Crippen molar-refractivity contribution in [1.82, 2.24) is 10.2 Å². The standard InChI is InChI=1S/C20H28N2O2/c23-13-12-22(18-9-6-15-4-1-2-5-17(15)18)19(24)21-14-20(10-3-11-20)16-7-8-16/h1-2,4-5,16,18,23H,3,6-14H2,(H,21,24).